The van der Waals surface area contributed by atoms with Gasteiger partial charge in [0.1, 0.15) is 12.6 Å². The largest absolute Gasteiger partial charge is 0.480 e. The molecule has 0 amide bonds. The molecule has 0 saturated carbocycles. The quantitative estimate of drug-likeness (QED) is 0.0157. The van der Waals surface area contributed by atoms with Crippen LogP contribution >= 0.6 is 7.82 Å². The lowest BCUT2D eigenvalue weighted by atomic mass is 10.1. The molecule has 0 bridgehead atoms. The lowest BCUT2D eigenvalue weighted by molar-refractivity contribution is -0.161. The van der Waals surface area contributed by atoms with Gasteiger partial charge in [-0.15, -0.1) is 0 Å². The standard InChI is InChI=1S/C42H68NO11P/c1-3-5-7-9-11-13-15-16-18-19-21-23-26-30-37(44)31-27-25-29-33-41(46)54-38(35-52-55(49,50)53-36-39(43)42(47)48)34-51-40(45)32-28-24-22-20-17-14-12-10-8-6-4-2/h5,7,10-13,16,18,21,23,25-27,30,37-39,44H,3-4,6,8-9,14-15,17,19-20,22,24,28-29,31-36,43H2,1-2H3,(H,47,48)(H,49,50)/b7-5-,12-10-,13-11-,18-16-,23-21-,27-25-,30-26-/t37?,38-,39+/m1/s1. The summed E-state index contributed by atoms with van der Waals surface area (Å²) >= 11 is 0. The monoisotopic (exact) mass is 793 g/mol. The number of carboxylic acid groups (broad SMARTS) is 1. The normalized spacial score (nSPS) is 15.3. The van der Waals surface area contributed by atoms with Gasteiger partial charge in [-0.3, -0.25) is 23.4 Å². The molecule has 312 valence electrons. The van der Waals surface area contributed by atoms with Crippen LogP contribution in [0.2, 0.25) is 0 Å². The number of ether oxygens (including phenoxy) is 2. The number of aliphatic hydroxyl groups is 1. The highest BCUT2D eigenvalue weighted by atomic mass is 31.2. The molecule has 0 aliphatic heterocycles. The summed E-state index contributed by atoms with van der Waals surface area (Å²) in [5, 5.41) is 19.0. The molecule has 13 heteroatoms. The number of nitrogens with two attached hydrogens (primary N) is 1. The number of rotatable bonds is 35. The first kappa shape index (κ1) is 51.6. The number of aliphatic carboxylic acids is 1. The maximum absolute atomic E-state index is 12.6. The molecule has 0 aliphatic carbocycles. The van der Waals surface area contributed by atoms with Crippen molar-refractivity contribution in [3.8, 4) is 0 Å². The predicted octanol–water partition coefficient (Wildman–Crippen LogP) is 8.91. The molecule has 12 nitrogen and oxygen atoms in total. The van der Waals surface area contributed by atoms with E-state index in [-0.39, 0.29) is 12.8 Å². The number of esters is 2. The number of phosphoric ester groups is 1. The van der Waals surface area contributed by atoms with Crippen molar-refractivity contribution in [3.05, 3.63) is 85.1 Å². The Morgan fingerprint density at radius 1 is 0.673 bits per heavy atom. The maximum Gasteiger partial charge on any atom is 0.472 e. The second-order valence-corrected chi connectivity index (χ2v) is 14.3. The SMILES string of the molecule is CC/C=C\C/C=C\C/C=C\C/C=C\C=C/C(O)C/C=C\CCC(=O)O[C@H](COC(=O)CCCCCCC/C=C\CCCC)COP(=O)(O)OC[C@H](N)C(=O)O. The molecule has 0 aromatic rings. The summed E-state index contributed by atoms with van der Waals surface area (Å²) in [6.45, 7) is 2.42. The van der Waals surface area contributed by atoms with Gasteiger partial charge < -0.3 is 30.3 Å². The third-order valence-corrected chi connectivity index (χ3v) is 8.67. The molecule has 0 spiro atoms. The van der Waals surface area contributed by atoms with E-state index in [0.717, 1.165) is 64.2 Å². The molecule has 0 rings (SSSR count). The summed E-state index contributed by atoms with van der Waals surface area (Å²) in [6, 6.07) is -1.55. The van der Waals surface area contributed by atoms with Crippen molar-refractivity contribution in [3.63, 3.8) is 0 Å². The maximum atomic E-state index is 12.6. The van der Waals surface area contributed by atoms with E-state index in [1.165, 1.54) is 12.8 Å². The molecule has 4 atom stereocenters. The van der Waals surface area contributed by atoms with Gasteiger partial charge >= 0.3 is 25.7 Å². The number of hydrogen-bond donors (Lipinski definition) is 4. The topological polar surface area (TPSA) is 192 Å². The minimum Gasteiger partial charge on any atom is -0.480 e. The average Bonchev–Trinajstić information content (AvgIpc) is 3.15. The van der Waals surface area contributed by atoms with Gasteiger partial charge in [0.05, 0.1) is 19.3 Å². The second-order valence-electron chi connectivity index (χ2n) is 12.9. The van der Waals surface area contributed by atoms with Crippen LogP contribution in [0.15, 0.2) is 85.1 Å². The highest BCUT2D eigenvalue weighted by molar-refractivity contribution is 7.47. The highest BCUT2D eigenvalue weighted by Gasteiger charge is 2.28. The molecule has 0 radical (unpaired) electrons. The Morgan fingerprint density at radius 3 is 1.95 bits per heavy atom. The number of allylic oxidation sites excluding steroid dienone is 12. The minimum atomic E-state index is -4.77. The Labute approximate surface area is 329 Å². The van der Waals surface area contributed by atoms with Gasteiger partial charge in [0, 0.05) is 12.8 Å². The zero-order valence-corrected chi connectivity index (χ0v) is 34.0. The smallest absolute Gasteiger partial charge is 0.472 e. The van der Waals surface area contributed by atoms with Gasteiger partial charge in [-0.05, 0) is 64.2 Å². The fourth-order valence-corrected chi connectivity index (χ4v) is 5.34. The number of unbranched alkanes of at least 4 members (excludes halogenated alkanes) is 7. The van der Waals surface area contributed by atoms with E-state index < -0.39 is 63.8 Å². The Morgan fingerprint density at radius 2 is 1.27 bits per heavy atom. The number of carbonyl (C=O) groups is 3. The summed E-state index contributed by atoms with van der Waals surface area (Å²) in [7, 11) is -4.77. The van der Waals surface area contributed by atoms with Crippen LogP contribution in [-0.4, -0.2) is 71.1 Å². The Hall–Kier alpha value is -3.38. The predicted molar refractivity (Wildman–Crippen MR) is 218 cm³/mol. The van der Waals surface area contributed by atoms with Crippen molar-refractivity contribution in [2.75, 3.05) is 19.8 Å². The van der Waals surface area contributed by atoms with Crippen molar-refractivity contribution in [1.82, 2.24) is 0 Å². The number of phosphoric acid groups is 1. The van der Waals surface area contributed by atoms with Crippen LogP contribution in [0.25, 0.3) is 0 Å². The molecular formula is C42H68NO11P. The van der Waals surface area contributed by atoms with Crippen LogP contribution in [0, 0.1) is 0 Å². The van der Waals surface area contributed by atoms with Crippen LogP contribution in [0.3, 0.4) is 0 Å². The van der Waals surface area contributed by atoms with Crippen molar-refractivity contribution in [1.29, 1.82) is 0 Å². The van der Waals surface area contributed by atoms with Crippen LogP contribution in [0.5, 0.6) is 0 Å². The number of carbonyl (C=O) groups excluding carboxylic acids is 2. The molecule has 0 saturated heterocycles. The molecular weight excluding hydrogens is 725 g/mol. The average molecular weight is 794 g/mol. The second kappa shape index (κ2) is 36.3. The van der Waals surface area contributed by atoms with Crippen molar-refractivity contribution < 1.29 is 52.6 Å². The fourth-order valence-electron chi connectivity index (χ4n) is 4.57. The summed E-state index contributed by atoms with van der Waals surface area (Å²) in [5.41, 5.74) is 5.30. The lowest BCUT2D eigenvalue weighted by Gasteiger charge is -2.20. The molecule has 0 aromatic heterocycles. The molecule has 0 fully saturated rings. The number of hydrogen-bond acceptors (Lipinski definition) is 10. The Kier molecular flexibility index (Phi) is 34.0. The van der Waals surface area contributed by atoms with Crippen LogP contribution in [0.1, 0.15) is 123 Å². The Balaban J connectivity index is 4.68. The molecule has 55 heavy (non-hydrogen) atoms. The lowest BCUT2D eigenvalue weighted by Crippen LogP contribution is -2.34. The van der Waals surface area contributed by atoms with E-state index in [1.54, 1.807) is 24.3 Å². The van der Waals surface area contributed by atoms with E-state index in [1.807, 2.05) is 12.2 Å². The van der Waals surface area contributed by atoms with Gasteiger partial charge in [0.15, 0.2) is 6.10 Å². The molecule has 5 N–H and O–H groups in total. The first-order valence-electron chi connectivity index (χ1n) is 19.7. The van der Waals surface area contributed by atoms with E-state index in [2.05, 4.69) is 67.0 Å². The summed E-state index contributed by atoms with van der Waals surface area (Å²) in [4.78, 5) is 45.8. The summed E-state index contributed by atoms with van der Waals surface area (Å²) in [6.07, 6.45) is 39.8. The molecule has 2 unspecified atom stereocenters. The number of carboxylic acids is 1. The van der Waals surface area contributed by atoms with E-state index in [4.69, 9.17) is 24.8 Å². The molecule has 0 aliphatic rings. The first-order chi connectivity index (χ1) is 26.5. The van der Waals surface area contributed by atoms with Gasteiger partial charge in [-0.2, -0.15) is 0 Å². The van der Waals surface area contributed by atoms with E-state index >= 15 is 0 Å². The number of aliphatic hydroxyl groups excluding tert-OH is 1. The Bertz CT molecular complexity index is 1270. The van der Waals surface area contributed by atoms with Gasteiger partial charge in [-0.25, -0.2) is 4.57 Å². The van der Waals surface area contributed by atoms with Crippen molar-refractivity contribution in [2.45, 2.75) is 141 Å². The third-order valence-electron chi connectivity index (χ3n) is 7.72. The van der Waals surface area contributed by atoms with Crippen LogP contribution in [0.4, 0.5) is 0 Å². The minimum absolute atomic E-state index is 0.0515. The summed E-state index contributed by atoms with van der Waals surface area (Å²) < 4.78 is 32.4. The zero-order chi connectivity index (χ0) is 40.8. The van der Waals surface area contributed by atoms with E-state index in [0.29, 0.717) is 19.3 Å². The first-order valence-corrected chi connectivity index (χ1v) is 21.2. The van der Waals surface area contributed by atoms with Crippen molar-refractivity contribution >= 4 is 25.7 Å². The highest BCUT2D eigenvalue weighted by Crippen LogP contribution is 2.43. The van der Waals surface area contributed by atoms with E-state index in [9.17, 15) is 28.9 Å². The fraction of sp³-hybridized carbons (Fsp3) is 0.595. The van der Waals surface area contributed by atoms with Gasteiger partial charge in [0.2, 0.25) is 0 Å². The van der Waals surface area contributed by atoms with Gasteiger partial charge in [-0.1, -0.05) is 131 Å². The summed E-state index contributed by atoms with van der Waals surface area (Å²) in [5.74, 6) is -2.61. The van der Waals surface area contributed by atoms with Crippen molar-refractivity contribution in [2.24, 2.45) is 5.73 Å². The van der Waals surface area contributed by atoms with Gasteiger partial charge in [0.25, 0.3) is 0 Å². The van der Waals surface area contributed by atoms with Crippen LogP contribution in [-0.2, 0) is 37.5 Å². The third kappa shape index (κ3) is 36.0. The molecule has 0 heterocycles. The van der Waals surface area contributed by atoms with Crippen LogP contribution < -0.4 is 5.73 Å². The zero-order valence-electron chi connectivity index (χ0n) is 33.1. The molecule has 0 aromatic carbocycles.